The Kier molecular flexibility index (Phi) is 20.2. The van der Waals surface area contributed by atoms with Gasteiger partial charge in [-0.3, -0.25) is 24.4 Å². The van der Waals surface area contributed by atoms with E-state index in [2.05, 4.69) is 91.3 Å². The number of benzene rings is 2. The number of thiophene rings is 2. The number of hydrogen-bond acceptors (Lipinski definition) is 11. The largest absolute Gasteiger partial charge is 0.466 e. The molecule has 6 heterocycles. The maximum atomic E-state index is 13.2. The molecule has 2 fully saturated rings. The third-order valence-electron chi connectivity index (χ3n) is 12.4. The number of rotatable bonds is 10. The molecule has 8 rings (SSSR count). The van der Waals surface area contributed by atoms with E-state index in [4.69, 9.17) is 45.3 Å². The summed E-state index contributed by atoms with van der Waals surface area (Å²) in [5.74, 6) is -0.107. The number of halogens is 3. The van der Waals surface area contributed by atoms with Crippen LogP contribution in [-0.2, 0) is 25.1 Å². The van der Waals surface area contributed by atoms with Gasteiger partial charge in [0.05, 0.1) is 19.6 Å². The molecule has 0 saturated carbocycles. The van der Waals surface area contributed by atoms with E-state index < -0.39 is 5.43 Å². The number of carbonyl (C=O) groups excluding carboxylic acids is 4. The minimum absolute atomic E-state index is 0.0000510. The lowest BCUT2D eigenvalue weighted by molar-refractivity contribution is -0.144. The lowest BCUT2D eigenvalue weighted by atomic mass is 9.90. The SMILES string of the molecule is CC(C)(C)c1cc(-c2cc(-c3ccc(C(=O)N4CCCC(N)C4)cc3Cl)cs2)ccn1.CCOC(=O)CC1CCCN(C(=O)c2ccc(-c3csc(-c4ccnc(C(C)(C)C)c4)c3)c(Cl)c2)C1.CCOC(=O)Cl. The fraction of sp³-hybridized carbons (Fsp3) is 0.404. The molecule has 388 valence electrons. The van der Waals surface area contributed by atoms with Crippen LogP contribution >= 0.6 is 57.5 Å². The molecule has 2 N–H and O–H groups in total. The first-order valence-electron chi connectivity index (χ1n) is 24.7. The van der Waals surface area contributed by atoms with Gasteiger partial charge in [0.15, 0.2) is 0 Å². The van der Waals surface area contributed by atoms with Crippen LogP contribution in [-0.4, -0.2) is 88.4 Å². The summed E-state index contributed by atoms with van der Waals surface area (Å²) in [5, 5.41) is 5.34. The van der Waals surface area contributed by atoms with Crippen LogP contribution in [0.1, 0.15) is 120 Å². The van der Waals surface area contributed by atoms with Crippen molar-refractivity contribution in [2.24, 2.45) is 11.7 Å². The number of likely N-dealkylation sites (tertiary alicyclic amines) is 2. The Labute approximate surface area is 453 Å². The molecule has 2 aliphatic rings. The summed E-state index contributed by atoms with van der Waals surface area (Å²) in [5.41, 5.74) is 14.8. The van der Waals surface area contributed by atoms with Crippen LogP contribution in [0.4, 0.5) is 4.79 Å². The quantitative estimate of drug-likeness (QED) is 0.105. The molecule has 73 heavy (non-hydrogen) atoms. The minimum atomic E-state index is -0.738. The monoisotopic (exact) mass is 1090 g/mol. The van der Waals surface area contributed by atoms with Gasteiger partial charge in [0.2, 0.25) is 0 Å². The zero-order valence-electron chi connectivity index (χ0n) is 42.9. The van der Waals surface area contributed by atoms with Crippen LogP contribution in [0.5, 0.6) is 0 Å². The van der Waals surface area contributed by atoms with Crippen molar-refractivity contribution in [3.63, 3.8) is 0 Å². The number of carbonyl (C=O) groups is 4. The van der Waals surface area contributed by atoms with Crippen LogP contribution in [0.3, 0.4) is 0 Å². The molecule has 6 aromatic rings. The highest BCUT2D eigenvalue weighted by Crippen LogP contribution is 2.39. The van der Waals surface area contributed by atoms with Crippen LogP contribution in [0.15, 0.2) is 96.0 Å². The Morgan fingerprint density at radius 1 is 0.644 bits per heavy atom. The summed E-state index contributed by atoms with van der Waals surface area (Å²) in [6.45, 7) is 19.8. The van der Waals surface area contributed by atoms with Gasteiger partial charge < -0.3 is 25.0 Å². The molecule has 0 bridgehead atoms. The summed E-state index contributed by atoms with van der Waals surface area (Å²) in [7, 11) is 0. The summed E-state index contributed by atoms with van der Waals surface area (Å²) < 4.78 is 9.25. The number of piperidine rings is 2. The molecule has 2 amide bonds. The molecule has 11 nitrogen and oxygen atoms in total. The highest BCUT2D eigenvalue weighted by molar-refractivity contribution is 7.14. The fourth-order valence-electron chi connectivity index (χ4n) is 8.55. The lowest BCUT2D eigenvalue weighted by Crippen LogP contribution is -2.45. The van der Waals surface area contributed by atoms with Crippen LogP contribution in [0.25, 0.3) is 43.1 Å². The van der Waals surface area contributed by atoms with Crippen LogP contribution in [0.2, 0.25) is 10.0 Å². The summed E-state index contributed by atoms with van der Waals surface area (Å²) in [6, 6.07) is 23.8. The molecular weight excluding hydrogens is 1020 g/mol. The second-order valence-corrected chi connectivity index (χ2v) is 23.2. The Bertz CT molecular complexity index is 2870. The van der Waals surface area contributed by atoms with E-state index in [1.165, 1.54) is 4.88 Å². The highest BCUT2D eigenvalue weighted by atomic mass is 35.5. The summed E-state index contributed by atoms with van der Waals surface area (Å²) >= 11 is 21.4. The lowest BCUT2D eigenvalue weighted by Gasteiger charge is -2.32. The van der Waals surface area contributed by atoms with Crippen LogP contribution < -0.4 is 5.73 Å². The maximum absolute atomic E-state index is 13.2. The molecule has 2 aromatic carbocycles. The van der Waals surface area contributed by atoms with Crippen molar-refractivity contribution in [2.75, 3.05) is 39.4 Å². The van der Waals surface area contributed by atoms with E-state index in [1.807, 2.05) is 58.6 Å². The number of ether oxygens (including phenoxy) is 2. The molecule has 4 aromatic heterocycles. The van der Waals surface area contributed by atoms with Gasteiger partial charge in [-0.25, -0.2) is 4.79 Å². The van der Waals surface area contributed by atoms with Gasteiger partial charge in [-0.15, -0.1) is 22.7 Å². The molecule has 0 radical (unpaired) electrons. The van der Waals surface area contributed by atoms with E-state index in [1.54, 1.807) is 48.7 Å². The van der Waals surface area contributed by atoms with Crippen molar-refractivity contribution in [1.29, 1.82) is 0 Å². The average Bonchev–Trinajstić information content (AvgIpc) is 4.05. The average molecular weight is 1090 g/mol. The number of pyridine rings is 2. The maximum Gasteiger partial charge on any atom is 0.403 e. The normalized spacial score (nSPS) is 15.8. The first kappa shape index (κ1) is 57.1. The first-order chi connectivity index (χ1) is 34.6. The zero-order valence-corrected chi connectivity index (χ0v) is 46.8. The standard InChI is InChI=1S/C29H33ClN2O3S.C25H28ClN3OS.C3H5ClO2/c1-5-35-27(33)13-19-7-6-12-32(17-19)28(34)21-8-9-23(24(30)14-21)22-15-25(36-18-22)20-10-11-31-26(16-20)29(2,3)4;1-25(2,3)23-13-16(8-9-28-23)22-12-18(15-31-22)20-7-6-17(11-21(20)26)24(30)29-10-4-5-19(27)14-29;1-2-6-3(4)5/h8-11,14-16,18-19H,5-7,12-13,17H2,1-4H3;6-9,11-13,15,19H,4-5,10,14,27H2,1-3H3;2H2,1H3. The second-order valence-electron chi connectivity index (χ2n) is 20.2. The Morgan fingerprint density at radius 2 is 1.11 bits per heavy atom. The Balaban J connectivity index is 0.000000216. The summed E-state index contributed by atoms with van der Waals surface area (Å²) in [6.07, 6.45) is 7.81. The van der Waals surface area contributed by atoms with Gasteiger partial charge in [-0.05, 0) is 139 Å². The van der Waals surface area contributed by atoms with Gasteiger partial charge >= 0.3 is 11.4 Å². The van der Waals surface area contributed by atoms with Gasteiger partial charge in [0, 0.05) is 120 Å². The van der Waals surface area contributed by atoms with Crippen molar-refractivity contribution >= 4 is 80.7 Å². The third kappa shape index (κ3) is 15.9. The predicted molar refractivity (Wildman–Crippen MR) is 299 cm³/mol. The second kappa shape index (κ2) is 25.9. The smallest absolute Gasteiger partial charge is 0.403 e. The number of nitrogens with two attached hydrogens (primary N) is 1. The molecule has 2 unspecified atom stereocenters. The van der Waals surface area contributed by atoms with Gasteiger partial charge in [-0.1, -0.05) is 76.9 Å². The molecule has 2 atom stereocenters. The Hall–Kier alpha value is -5.15. The van der Waals surface area contributed by atoms with E-state index in [0.717, 1.165) is 81.9 Å². The van der Waals surface area contributed by atoms with Crippen molar-refractivity contribution in [3.05, 3.63) is 129 Å². The highest BCUT2D eigenvalue weighted by Gasteiger charge is 2.28. The fourth-order valence-corrected chi connectivity index (χ4v) is 11.1. The molecule has 2 aliphatic heterocycles. The zero-order chi connectivity index (χ0) is 53.0. The minimum Gasteiger partial charge on any atom is -0.466 e. The van der Waals surface area contributed by atoms with E-state index in [9.17, 15) is 19.2 Å². The number of amides is 2. The molecular formula is C57H66Cl3N5O6S2. The third-order valence-corrected chi connectivity index (χ3v) is 15.1. The van der Waals surface area contributed by atoms with E-state index in [-0.39, 0.29) is 40.6 Å². The topological polar surface area (TPSA) is 145 Å². The van der Waals surface area contributed by atoms with Crippen molar-refractivity contribution in [2.45, 2.75) is 104 Å². The van der Waals surface area contributed by atoms with Gasteiger partial charge in [-0.2, -0.15) is 0 Å². The van der Waals surface area contributed by atoms with Crippen LogP contribution in [0, 0.1) is 5.92 Å². The first-order valence-corrected chi connectivity index (χ1v) is 27.6. The van der Waals surface area contributed by atoms with E-state index in [0.29, 0.717) is 60.4 Å². The number of aromatic nitrogens is 2. The molecule has 2 saturated heterocycles. The number of esters is 1. The van der Waals surface area contributed by atoms with E-state index >= 15 is 0 Å². The van der Waals surface area contributed by atoms with Crippen molar-refractivity contribution < 1.29 is 28.7 Å². The molecule has 0 spiro atoms. The Morgan fingerprint density at radius 3 is 1.52 bits per heavy atom. The number of hydrogen-bond donors (Lipinski definition) is 1. The summed E-state index contributed by atoms with van der Waals surface area (Å²) in [4.78, 5) is 62.6. The number of nitrogens with zero attached hydrogens (tertiary/aromatic N) is 4. The van der Waals surface area contributed by atoms with Crippen molar-refractivity contribution in [1.82, 2.24) is 19.8 Å². The van der Waals surface area contributed by atoms with Crippen molar-refractivity contribution in [3.8, 4) is 43.1 Å². The molecule has 0 aliphatic carbocycles. The van der Waals surface area contributed by atoms with Gasteiger partial charge in [0.1, 0.15) is 0 Å². The molecule has 16 heteroatoms. The predicted octanol–water partition coefficient (Wildman–Crippen LogP) is 14.6. The van der Waals surface area contributed by atoms with Gasteiger partial charge in [0.25, 0.3) is 11.8 Å².